The van der Waals surface area contributed by atoms with Gasteiger partial charge in [0.1, 0.15) is 0 Å². The third-order valence-corrected chi connectivity index (χ3v) is 4.88. The number of likely N-dealkylation sites (tertiary alicyclic amines) is 1. The summed E-state index contributed by atoms with van der Waals surface area (Å²) < 4.78 is 0. The second kappa shape index (κ2) is 8.12. The van der Waals surface area contributed by atoms with Crippen LogP contribution in [-0.4, -0.2) is 46.5 Å². The van der Waals surface area contributed by atoms with E-state index in [1.54, 1.807) is 29.2 Å². The summed E-state index contributed by atoms with van der Waals surface area (Å²) in [5, 5.41) is 10.4. The molecule has 138 valence electrons. The van der Waals surface area contributed by atoms with Crippen LogP contribution < -0.4 is 10.9 Å². The summed E-state index contributed by atoms with van der Waals surface area (Å²) in [4.78, 5) is 38.6. The number of nitrogens with zero attached hydrogens (tertiary/aromatic N) is 2. The molecule has 0 bridgehead atoms. The molecule has 2 N–H and O–H groups in total. The highest BCUT2D eigenvalue weighted by Gasteiger charge is 2.29. The number of nitrogens with one attached hydrogen (secondary N) is 2. The molecule has 1 aliphatic heterocycles. The largest absolute Gasteiger partial charge is 0.356 e. The van der Waals surface area contributed by atoms with Crippen molar-refractivity contribution >= 4 is 22.6 Å². The molecule has 0 aliphatic carbocycles. The first-order chi connectivity index (χ1) is 12.6. The van der Waals surface area contributed by atoms with Crippen molar-refractivity contribution in [2.24, 2.45) is 5.92 Å². The molecule has 7 nitrogen and oxygen atoms in total. The van der Waals surface area contributed by atoms with Crippen molar-refractivity contribution in [3.63, 3.8) is 0 Å². The van der Waals surface area contributed by atoms with E-state index in [0.29, 0.717) is 43.2 Å². The number of aromatic amines is 1. The quantitative estimate of drug-likeness (QED) is 0.797. The highest BCUT2D eigenvalue weighted by atomic mass is 16.2. The van der Waals surface area contributed by atoms with Crippen LogP contribution in [0.3, 0.4) is 0 Å². The van der Waals surface area contributed by atoms with Gasteiger partial charge in [0.05, 0.1) is 5.39 Å². The van der Waals surface area contributed by atoms with Gasteiger partial charge < -0.3 is 10.2 Å². The number of H-pyrrole nitrogens is 1. The van der Waals surface area contributed by atoms with Gasteiger partial charge in [-0.1, -0.05) is 31.5 Å². The molecule has 2 amide bonds. The smallest absolute Gasteiger partial charge is 0.274 e. The average molecular weight is 356 g/mol. The van der Waals surface area contributed by atoms with Gasteiger partial charge in [0.2, 0.25) is 5.91 Å². The van der Waals surface area contributed by atoms with Gasteiger partial charge in [0, 0.05) is 30.9 Å². The number of hydrogen-bond donors (Lipinski definition) is 2. The molecular weight excluding hydrogens is 332 g/mol. The van der Waals surface area contributed by atoms with Gasteiger partial charge in [-0.05, 0) is 25.3 Å². The summed E-state index contributed by atoms with van der Waals surface area (Å²) in [7, 11) is 0. The topological polar surface area (TPSA) is 95.2 Å². The van der Waals surface area contributed by atoms with Crippen molar-refractivity contribution < 1.29 is 9.59 Å². The molecule has 2 heterocycles. The number of carbonyl (C=O) groups excluding carboxylic acids is 2. The van der Waals surface area contributed by atoms with Gasteiger partial charge in [-0.25, -0.2) is 5.10 Å². The van der Waals surface area contributed by atoms with E-state index in [2.05, 4.69) is 22.4 Å². The number of amides is 2. The Hall–Kier alpha value is -2.70. The average Bonchev–Trinajstić information content (AvgIpc) is 2.68. The van der Waals surface area contributed by atoms with E-state index in [0.717, 1.165) is 12.8 Å². The number of piperidine rings is 1. The molecule has 0 unspecified atom stereocenters. The Kier molecular flexibility index (Phi) is 5.65. The van der Waals surface area contributed by atoms with Gasteiger partial charge in [-0.15, -0.1) is 0 Å². The molecule has 0 spiro atoms. The maximum Gasteiger partial charge on any atom is 0.274 e. The van der Waals surface area contributed by atoms with Crippen LogP contribution in [0, 0.1) is 5.92 Å². The fourth-order valence-electron chi connectivity index (χ4n) is 3.31. The standard InChI is InChI=1S/C19H24N4O3/c1-2-3-10-20-17(24)13-8-11-23(12-9-13)19(26)16-14-6-4-5-7-15(14)18(25)22-21-16/h4-7,13H,2-3,8-12H2,1H3,(H,20,24)(H,22,25). The van der Waals surface area contributed by atoms with E-state index in [4.69, 9.17) is 0 Å². The first-order valence-corrected chi connectivity index (χ1v) is 9.16. The molecule has 0 atom stereocenters. The number of carbonyl (C=O) groups is 2. The Morgan fingerprint density at radius 2 is 1.92 bits per heavy atom. The lowest BCUT2D eigenvalue weighted by Gasteiger charge is -2.31. The first-order valence-electron chi connectivity index (χ1n) is 9.16. The molecule has 2 aromatic rings. The number of rotatable bonds is 5. The fraction of sp³-hybridized carbons (Fsp3) is 0.474. The minimum absolute atomic E-state index is 0.0452. The van der Waals surface area contributed by atoms with Crippen LogP contribution in [0.25, 0.3) is 10.8 Å². The Balaban J connectivity index is 1.67. The van der Waals surface area contributed by atoms with Crippen LogP contribution in [0.1, 0.15) is 43.1 Å². The lowest BCUT2D eigenvalue weighted by Crippen LogP contribution is -2.43. The number of hydrogen-bond acceptors (Lipinski definition) is 4. The third kappa shape index (κ3) is 3.76. The number of unbranched alkanes of at least 4 members (excludes halogenated alkanes) is 1. The summed E-state index contributed by atoms with van der Waals surface area (Å²) in [6.07, 6.45) is 3.32. The molecule has 26 heavy (non-hydrogen) atoms. The normalized spacial score (nSPS) is 15.2. The summed E-state index contributed by atoms with van der Waals surface area (Å²) in [5.74, 6) is -0.170. The lowest BCUT2D eigenvalue weighted by molar-refractivity contribution is -0.126. The molecule has 1 aliphatic rings. The summed E-state index contributed by atoms with van der Waals surface area (Å²) >= 11 is 0. The van der Waals surface area contributed by atoms with Crippen molar-refractivity contribution in [3.8, 4) is 0 Å². The van der Waals surface area contributed by atoms with E-state index >= 15 is 0 Å². The molecule has 7 heteroatoms. The van der Waals surface area contributed by atoms with Crippen LogP contribution in [0.15, 0.2) is 29.1 Å². The molecule has 1 aromatic heterocycles. The minimum Gasteiger partial charge on any atom is -0.356 e. The van der Waals surface area contributed by atoms with E-state index in [9.17, 15) is 14.4 Å². The van der Waals surface area contributed by atoms with E-state index in [1.807, 2.05) is 0 Å². The molecule has 1 fully saturated rings. The predicted molar refractivity (Wildman–Crippen MR) is 98.9 cm³/mol. The van der Waals surface area contributed by atoms with E-state index in [-0.39, 0.29) is 29.0 Å². The molecule has 0 radical (unpaired) electrons. The highest BCUT2D eigenvalue weighted by molar-refractivity contribution is 6.04. The zero-order valence-electron chi connectivity index (χ0n) is 15.0. The molecule has 0 saturated carbocycles. The molecule has 1 aromatic carbocycles. The summed E-state index contributed by atoms with van der Waals surface area (Å²) in [6.45, 7) is 3.83. The number of fused-ring (bicyclic) bond motifs is 1. The second-order valence-corrected chi connectivity index (χ2v) is 6.66. The number of aromatic nitrogens is 2. The summed E-state index contributed by atoms with van der Waals surface area (Å²) in [6, 6.07) is 6.96. The minimum atomic E-state index is -0.306. The third-order valence-electron chi connectivity index (χ3n) is 4.88. The van der Waals surface area contributed by atoms with Crippen LogP contribution in [0.4, 0.5) is 0 Å². The van der Waals surface area contributed by atoms with Gasteiger partial charge >= 0.3 is 0 Å². The Labute approximate surface area is 151 Å². The van der Waals surface area contributed by atoms with Crippen molar-refractivity contribution in [1.82, 2.24) is 20.4 Å². The SMILES string of the molecule is CCCCNC(=O)C1CCN(C(=O)c2n[nH]c(=O)c3ccccc23)CC1. The Morgan fingerprint density at radius 3 is 2.62 bits per heavy atom. The van der Waals surface area contributed by atoms with E-state index in [1.165, 1.54) is 0 Å². The molecule has 1 saturated heterocycles. The Morgan fingerprint density at radius 1 is 1.23 bits per heavy atom. The molecular formula is C19H24N4O3. The van der Waals surface area contributed by atoms with Crippen LogP contribution in [0.2, 0.25) is 0 Å². The van der Waals surface area contributed by atoms with Gasteiger partial charge in [0.15, 0.2) is 5.69 Å². The number of benzene rings is 1. The monoisotopic (exact) mass is 356 g/mol. The van der Waals surface area contributed by atoms with Crippen molar-refractivity contribution in [3.05, 3.63) is 40.3 Å². The Bertz CT molecular complexity index is 853. The summed E-state index contributed by atoms with van der Waals surface area (Å²) in [5.41, 5.74) is -0.0503. The maximum atomic E-state index is 12.9. The van der Waals surface area contributed by atoms with Crippen molar-refractivity contribution in [2.75, 3.05) is 19.6 Å². The van der Waals surface area contributed by atoms with Gasteiger partial charge in [-0.3, -0.25) is 14.4 Å². The van der Waals surface area contributed by atoms with Crippen molar-refractivity contribution in [2.45, 2.75) is 32.6 Å². The van der Waals surface area contributed by atoms with E-state index < -0.39 is 0 Å². The predicted octanol–water partition coefficient (Wildman–Crippen LogP) is 1.69. The van der Waals surface area contributed by atoms with Gasteiger partial charge in [-0.2, -0.15) is 5.10 Å². The van der Waals surface area contributed by atoms with Crippen LogP contribution in [-0.2, 0) is 4.79 Å². The zero-order valence-corrected chi connectivity index (χ0v) is 15.0. The van der Waals surface area contributed by atoms with Gasteiger partial charge in [0.25, 0.3) is 11.5 Å². The highest BCUT2D eigenvalue weighted by Crippen LogP contribution is 2.21. The van der Waals surface area contributed by atoms with Crippen LogP contribution >= 0.6 is 0 Å². The first kappa shape index (κ1) is 18.1. The molecule has 3 rings (SSSR count). The maximum absolute atomic E-state index is 12.9. The lowest BCUT2D eigenvalue weighted by atomic mass is 9.95. The fourth-order valence-corrected chi connectivity index (χ4v) is 3.31. The second-order valence-electron chi connectivity index (χ2n) is 6.66. The zero-order chi connectivity index (χ0) is 18.5. The van der Waals surface area contributed by atoms with Crippen molar-refractivity contribution in [1.29, 1.82) is 0 Å². The van der Waals surface area contributed by atoms with Crippen LogP contribution in [0.5, 0.6) is 0 Å².